The fraction of sp³-hybridized carbons (Fsp3) is 0.429. The van der Waals surface area contributed by atoms with Crippen LogP contribution in [0.15, 0.2) is 29.6 Å². The highest BCUT2D eigenvalue weighted by Gasteiger charge is 2.27. The monoisotopic (exact) mass is 421 g/mol. The number of nitrogens with one attached hydrogen (secondary N) is 2. The number of rotatable bonds is 6. The van der Waals surface area contributed by atoms with E-state index in [2.05, 4.69) is 12.2 Å². The van der Waals surface area contributed by atoms with Gasteiger partial charge in [-0.25, -0.2) is 4.79 Å². The van der Waals surface area contributed by atoms with Gasteiger partial charge >= 0.3 is 5.97 Å². The van der Waals surface area contributed by atoms with Gasteiger partial charge in [-0.2, -0.15) is 0 Å². The Bertz CT molecular complexity index is 835. The summed E-state index contributed by atoms with van der Waals surface area (Å²) in [5, 5.41) is 6.00. The Kier molecular flexibility index (Phi) is 7.10. The van der Waals surface area contributed by atoms with Crippen LogP contribution in [0.25, 0.3) is 11.1 Å². The van der Waals surface area contributed by atoms with Gasteiger partial charge in [0.25, 0.3) is 5.91 Å². The normalized spacial score (nSPS) is 19.2. The molecule has 1 aromatic carbocycles. The molecule has 0 radical (unpaired) electrons. The molecule has 150 valence electrons. The summed E-state index contributed by atoms with van der Waals surface area (Å²) >= 11 is 7.33. The number of amides is 1. The van der Waals surface area contributed by atoms with Crippen LogP contribution in [0.4, 0.5) is 5.00 Å². The molecule has 28 heavy (non-hydrogen) atoms. The third-order valence-corrected chi connectivity index (χ3v) is 6.30. The number of quaternary nitrogens is 1. The van der Waals surface area contributed by atoms with E-state index < -0.39 is 5.97 Å². The quantitative estimate of drug-likeness (QED) is 0.700. The van der Waals surface area contributed by atoms with Gasteiger partial charge in [-0.1, -0.05) is 23.7 Å². The van der Waals surface area contributed by atoms with Gasteiger partial charge in [-0.3, -0.25) is 4.79 Å². The van der Waals surface area contributed by atoms with E-state index in [9.17, 15) is 9.59 Å². The van der Waals surface area contributed by atoms with Crippen molar-refractivity contribution in [2.24, 2.45) is 0 Å². The van der Waals surface area contributed by atoms with Crippen LogP contribution in [-0.2, 0) is 9.53 Å². The van der Waals surface area contributed by atoms with Gasteiger partial charge in [0.15, 0.2) is 6.54 Å². The van der Waals surface area contributed by atoms with Crippen molar-refractivity contribution in [2.75, 3.05) is 25.0 Å². The third-order valence-electron chi connectivity index (χ3n) is 5.15. The number of likely N-dealkylation sites (tertiary alicyclic amines) is 1. The number of thiophene rings is 1. The van der Waals surface area contributed by atoms with E-state index >= 15 is 0 Å². The molecule has 1 aromatic heterocycles. The average molecular weight is 422 g/mol. The van der Waals surface area contributed by atoms with Crippen LogP contribution < -0.4 is 10.2 Å². The van der Waals surface area contributed by atoms with Crippen molar-refractivity contribution < 1.29 is 19.2 Å². The molecule has 3 rings (SSSR count). The lowest BCUT2D eigenvalue weighted by molar-refractivity contribution is -0.920. The predicted molar refractivity (Wildman–Crippen MR) is 113 cm³/mol. The van der Waals surface area contributed by atoms with Gasteiger partial charge in [0.2, 0.25) is 0 Å². The van der Waals surface area contributed by atoms with E-state index in [-0.39, 0.29) is 12.5 Å². The summed E-state index contributed by atoms with van der Waals surface area (Å²) in [6, 6.07) is 7.76. The lowest BCUT2D eigenvalue weighted by atomic mass is 10.0. The Morgan fingerprint density at radius 3 is 2.71 bits per heavy atom. The van der Waals surface area contributed by atoms with Crippen LogP contribution >= 0.6 is 22.9 Å². The number of carbonyl (C=O) groups excluding carboxylic acids is 2. The highest BCUT2D eigenvalue weighted by Crippen LogP contribution is 2.36. The van der Waals surface area contributed by atoms with Gasteiger partial charge in [-0.05, 0) is 50.8 Å². The molecule has 0 aliphatic carbocycles. The molecule has 2 unspecified atom stereocenters. The van der Waals surface area contributed by atoms with Gasteiger partial charge in [-0.15, -0.1) is 11.3 Å². The van der Waals surface area contributed by atoms with Crippen molar-refractivity contribution in [1.29, 1.82) is 0 Å². The van der Waals surface area contributed by atoms with Crippen molar-refractivity contribution in [3.8, 4) is 11.1 Å². The lowest BCUT2D eigenvalue weighted by Crippen LogP contribution is -3.17. The molecule has 2 N–H and O–H groups in total. The van der Waals surface area contributed by atoms with Crippen LogP contribution in [0.1, 0.15) is 43.5 Å². The van der Waals surface area contributed by atoms with E-state index in [0.29, 0.717) is 28.2 Å². The molecule has 0 saturated carbocycles. The summed E-state index contributed by atoms with van der Waals surface area (Å²) in [7, 11) is 0. The highest BCUT2D eigenvalue weighted by molar-refractivity contribution is 7.15. The standard InChI is InChI=1S/C21H25ClN2O3S/c1-3-27-21(26)19-17(15-7-9-16(22)10-8-15)13-28-20(19)23-18(25)12-24-11-5-4-6-14(24)2/h7-10,13-14H,3-6,11-12H2,1-2H3,(H,23,25)/p+1. The number of piperidine rings is 1. The number of esters is 1. The van der Waals surface area contributed by atoms with E-state index in [1.807, 2.05) is 17.5 Å². The summed E-state index contributed by atoms with van der Waals surface area (Å²) in [6.07, 6.45) is 3.53. The Morgan fingerprint density at radius 2 is 2.04 bits per heavy atom. The number of halogens is 1. The molecule has 2 atom stereocenters. The van der Waals surface area contributed by atoms with Crippen molar-refractivity contribution in [3.05, 3.63) is 40.2 Å². The van der Waals surface area contributed by atoms with Crippen LogP contribution in [0.5, 0.6) is 0 Å². The Hall–Kier alpha value is -1.89. The fourth-order valence-electron chi connectivity index (χ4n) is 3.59. The molecule has 2 heterocycles. The zero-order chi connectivity index (χ0) is 20.1. The minimum Gasteiger partial charge on any atom is -0.462 e. The van der Waals surface area contributed by atoms with Crippen LogP contribution in [0.3, 0.4) is 0 Å². The second-order valence-corrected chi connectivity index (χ2v) is 8.43. The van der Waals surface area contributed by atoms with Gasteiger partial charge in [0, 0.05) is 16.0 Å². The zero-order valence-electron chi connectivity index (χ0n) is 16.2. The number of anilines is 1. The summed E-state index contributed by atoms with van der Waals surface area (Å²) in [4.78, 5) is 26.6. The van der Waals surface area contributed by atoms with Gasteiger partial charge in [0.1, 0.15) is 10.6 Å². The zero-order valence-corrected chi connectivity index (χ0v) is 17.8. The summed E-state index contributed by atoms with van der Waals surface area (Å²) in [5.41, 5.74) is 2.01. The maximum absolute atomic E-state index is 12.7. The maximum atomic E-state index is 12.7. The molecular weight excluding hydrogens is 396 g/mol. The number of benzene rings is 1. The number of hydrogen-bond donors (Lipinski definition) is 2. The molecular formula is C21H26ClN2O3S+. The summed E-state index contributed by atoms with van der Waals surface area (Å²) < 4.78 is 5.25. The van der Waals surface area contributed by atoms with Crippen molar-refractivity contribution in [2.45, 2.75) is 39.2 Å². The first-order valence-corrected chi connectivity index (χ1v) is 10.9. The molecule has 0 bridgehead atoms. The first kappa shape index (κ1) is 20.8. The molecule has 1 fully saturated rings. The molecule has 1 saturated heterocycles. The van der Waals surface area contributed by atoms with Crippen molar-refractivity contribution in [1.82, 2.24) is 0 Å². The molecule has 2 aromatic rings. The van der Waals surface area contributed by atoms with Gasteiger partial charge in [0.05, 0.1) is 19.2 Å². The molecule has 7 heteroatoms. The molecule has 1 aliphatic heterocycles. The summed E-state index contributed by atoms with van der Waals surface area (Å²) in [5.74, 6) is -0.499. The highest BCUT2D eigenvalue weighted by atomic mass is 35.5. The minimum atomic E-state index is -0.428. The topological polar surface area (TPSA) is 59.8 Å². The fourth-order valence-corrected chi connectivity index (χ4v) is 4.69. The maximum Gasteiger partial charge on any atom is 0.341 e. The smallest absolute Gasteiger partial charge is 0.341 e. The van der Waals surface area contributed by atoms with E-state index in [0.717, 1.165) is 30.5 Å². The largest absolute Gasteiger partial charge is 0.462 e. The second kappa shape index (κ2) is 9.54. The predicted octanol–water partition coefficient (Wildman–Crippen LogP) is 3.64. The molecule has 5 nitrogen and oxygen atoms in total. The average Bonchev–Trinajstić information content (AvgIpc) is 3.08. The third kappa shape index (κ3) is 4.93. The van der Waals surface area contributed by atoms with Crippen LogP contribution in [-0.4, -0.2) is 37.6 Å². The lowest BCUT2D eigenvalue weighted by Gasteiger charge is -2.29. The Labute approximate surface area is 174 Å². The van der Waals surface area contributed by atoms with E-state index in [1.165, 1.54) is 22.7 Å². The van der Waals surface area contributed by atoms with Crippen molar-refractivity contribution in [3.63, 3.8) is 0 Å². The first-order chi connectivity index (χ1) is 13.5. The SMILES string of the molecule is CCOC(=O)c1c(-c2ccc(Cl)cc2)csc1NC(=O)C[NH+]1CCCCC1C. The number of ether oxygens (including phenoxy) is 1. The first-order valence-electron chi connectivity index (χ1n) is 9.68. The van der Waals surface area contributed by atoms with Crippen LogP contribution in [0.2, 0.25) is 5.02 Å². The Balaban J connectivity index is 1.82. The van der Waals surface area contributed by atoms with E-state index in [1.54, 1.807) is 19.1 Å². The summed E-state index contributed by atoms with van der Waals surface area (Å²) in [6.45, 7) is 5.66. The number of hydrogen-bond acceptors (Lipinski definition) is 4. The molecule has 1 aliphatic rings. The number of carbonyl (C=O) groups is 2. The Morgan fingerprint density at radius 1 is 1.29 bits per heavy atom. The van der Waals surface area contributed by atoms with Crippen molar-refractivity contribution >= 4 is 39.8 Å². The minimum absolute atomic E-state index is 0.0706. The van der Waals surface area contributed by atoms with Crippen LogP contribution in [0, 0.1) is 0 Å². The second-order valence-electron chi connectivity index (χ2n) is 7.11. The van der Waals surface area contributed by atoms with Gasteiger partial charge < -0.3 is 15.0 Å². The molecule has 1 amide bonds. The van der Waals surface area contributed by atoms with E-state index in [4.69, 9.17) is 16.3 Å². The molecule has 0 spiro atoms.